The molecule has 1 aliphatic rings. The number of hydrogen-bond donors (Lipinski definition) is 2. The largest absolute Gasteiger partial charge is 0.396 e. The third-order valence-electron chi connectivity index (χ3n) is 4.42. The zero-order valence-corrected chi connectivity index (χ0v) is 13.8. The number of benzene rings is 1. The highest BCUT2D eigenvalue weighted by molar-refractivity contribution is 6.03. The van der Waals surface area contributed by atoms with Crippen molar-refractivity contribution in [1.82, 2.24) is 4.90 Å². The van der Waals surface area contributed by atoms with Crippen molar-refractivity contribution in [2.75, 3.05) is 25.0 Å². The molecule has 0 spiro atoms. The van der Waals surface area contributed by atoms with Crippen LogP contribution < -0.4 is 5.32 Å². The number of para-hydroxylation sites is 1. The second-order valence-corrected chi connectivity index (χ2v) is 6.10. The molecule has 0 aliphatic carbocycles. The van der Waals surface area contributed by atoms with Gasteiger partial charge in [0.05, 0.1) is 5.69 Å². The third-order valence-corrected chi connectivity index (χ3v) is 4.42. The number of hydrogen-bond acceptors (Lipinski definition) is 4. The zero-order valence-electron chi connectivity index (χ0n) is 13.8. The van der Waals surface area contributed by atoms with E-state index in [9.17, 15) is 9.59 Å². The molecular weight excluding hydrogens is 292 g/mol. The Balaban J connectivity index is 1.88. The molecule has 1 aromatic carbocycles. The minimum Gasteiger partial charge on any atom is -0.396 e. The van der Waals surface area contributed by atoms with Gasteiger partial charge in [0.1, 0.15) is 0 Å². The summed E-state index contributed by atoms with van der Waals surface area (Å²) < 4.78 is 0. The second kappa shape index (κ2) is 8.79. The summed E-state index contributed by atoms with van der Waals surface area (Å²) in [6.45, 7) is 3.37. The lowest BCUT2D eigenvalue weighted by molar-refractivity contribution is -0.116. The molecule has 1 heterocycles. The average molecular weight is 318 g/mol. The number of carbonyl (C=O) groups excluding carboxylic acids is 2. The highest BCUT2D eigenvalue weighted by atomic mass is 16.3. The van der Waals surface area contributed by atoms with Crippen molar-refractivity contribution in [3.8, 4) is 0 Å². The van der Waals surface area contributed by atoms with Crippen LogP contribution >= 0.6 is 0 Å². The fourth-order valence-electron chi connectivity index (χ4n) is 3.19. The van der Waals surface area contributed by atoms with Gasteiger partial charge in [-0.25, -0.2) is 0 Å². The molecule has 5 heteroatoms. The standard InChI is InChI=1S/C18H26N2O3/c1-14(22)16-7-2-3-8-17(16)19-18(23)9-12-20-11-5-4-6-15(20)10-13-21/h2-3,7-8,15,21H,4-6,9-13H2,1H3,(H,19,23)/t15-/m1/s1. The quantitative estimate of drug-likeness (QED) is 0.758. The molecule has 0 radical (unpaired) electrons. The van der Waals surface area contributed by atoms with E-state index in [-0.39, 0.29) is 18.3 Å². The van der Waals surface area contributed by atoms with E-state index >= 15 is 0 Å². The first-order valence-electron chi connectivity index (χ1n) is 8.36. The summed E-state index contributed by atoms with van der Waals surface area (Å²) in [5.41, 5.74) is 1.12. The van der Waals surface area contributed by atoms with Crippen LogP contribution in [0.5, 0.6) is 0 Å². The Kier molecular flexibility index (Phi) is 6.74. The Morgan fingerprint density at radius 2 is 2.09 bits per heavy atom. The molecule has 2 rings (SSSR count). The molecule has 126 valence electrons. The first-order valence-corrected chi connectivity index (χ1v) is 8.36. The zero-order chi connectivity index (χ0) is 16.7. The Labute approximate surface area is 137 Å². The molecule has 1 aliphatic heterocycles. The molecule has 0 bridgehead atoms. The number of rotatable bonds is 7. The van der Waals surface area contributed by atoms with Crippen molar-refractivity contribution in [1.29, 1.82) is 0 Å². The molecule has 0 saturated carbocycles. The fourth-order valence-corrected chi connectivity index (χ4v) is 3.19. The lowest BCUT2D eigenvalue weighted by atomic mass is 9.99. The van der Waals surface area contributed by atoms with Gasteiger partial charge in [-0.05, 0) is 44.9 Å². The molecule has 0 aromatic heterocycles. The normalized spacial score (nSPS) is 18.6. The number of aliphatic hydroxyl groups excluding tert-OH is 1. The highest BCUT2D eigenvalue weighted by Gasteiger charge is 2.22. The summed E-state index contributed by atoms with van der Waals surface area (Å²) in [6.07, 6.45) is 4.61. The molecule has 5 nitrogen and oxygen atoms in total. The average Bonchev–Trinajstić information content (AvgIpc) is 2.54. The monoisotopic (exact) mass is 318 g/mol. The number of amides is 1. The van der Waals surface area contributed by atoms with Crippen LogP contribution in [0.2, 0.25) is 0 Å². The summed E-state index contributed by atoms with van der Waals surface area (Å²) in [5.74, 6) is -0.132. The number of aliphatic hydroxyl groups is 1. The van der Waals surface area contributed by atoms with Gasteiger partial charge >= 0.3 is 0 Å². The molecule has 23 heavy (non-hydrogen) atoms. The van der Waals surface area contributed by atoms with Crippen LogP contribution in [0.3, 0.4) is 0 Å². The van der Waals surface area contributed by atoms with Crippen molar-refractivity contribution in [3.63, 3.8) is 0 Å². The maximum absolute atomic E-state index is 12.2. The van der Waals surface area contributed by atoms with Crippen molar-refractivity contribution in [3.05, 3.63) is 29.8 Å². The molecule has 1 saturated heterocycles. The van der Waals surface area contributed by atoms with E-state index in [1.165, 1.54) is 13.3 Å². The summed E-state index contributed by atoms with van der Waals surface area (Å²) in [5, 5.41) is 12.0. The van der Waals surface area contributed by atoms with Crippen molar-refractivity contribution < 1.29 is 14.7 Å². The summed E-state index contributed by atoms with van der Waals surface area (Å²) in [6, 6.07) is 7.46. The molecular formula is C18H26N2O3. The van der Waals surface area contributed by atoms with Gasteiger partial charge in [-0.2, -0.15) is 0 Å². The number of carbonyl (C=O) groups is 2. The number of ketones is 1. The van der Waals surface area contributed by atoms with E-state index in [0.717, 1.165) is 25.8 Å². The maximum atomic E-state index is 12.2. The fraction of sp³-hybridized carbons (Fsp3) is 0.556. The van der Waals surface area contributed by atoms with Gasteiger partial charge < -0.3 is 10.4 Å². The SMILES string of the molecule is CC(=O)c1ccccc1NC(=O)CCN1CCCC[C@@H]1CCO. The molecule has 1 atom stereocenters. The Bertz CT molecular complexity index is 543. The first-order chi connectivity index (χ1) is 11.1. The lowest BCUT2D eigenvalue weighted by Crippen LogP contribution is -2.41. The van der Waals surface area contributed by atoms with Crippen molar-refractivity contribution >= 4 is 17.4 Å². The van der Waals surface area contributed by atoms with Crippen LogP contribution in [0.15, 0.2) is 24.3 Å². The number of likely N-dealkylation sites (tertiary alicyclic amines) is 1. The number of anilines is 1. The maximum Gasteiger partial charge on any atom is 0.225 e. The summed E-state index contributed by atoms with van der Waals surface area (Å²) >= 11 is 0. The van der Waals surface area contributed by atoms with E-state index in [4.69, 9.17) is 5.11 Å². The highest BCUT2D eigenvalue weighted by Crippen LogP contribution is 2.20. The molecule has 1 aromatic rings. The van der Waals surface area contributed by atoms with Crippen LogP contribution in [0.1, 0.15) is 49.4 Å². The van der Waals surface area contributed by atoms with Crippen LogP contribution in [0.25, 0.3) is 0 Å². The predicted octanol–water partition coefficient (Wildman–Crippen LogP) is 2.45. The summed E-state index contributed by atoms with van der Waals surface area (Å²) in [4.78, 5) is 26.1. The number of nitrogens with one attached hydrogen (secondary N) is 1. The Hall–Kier alpha value is -1.72. The van der Waals surface area contributed by atoms with Crippen molar-refractivity contribution in [2.45, 2.75) is 45.1 Å². The minimum atomic E-state index is -0.0768. The molecule has 2 N–H and O–H groups in total. The van der Waals surface area contributed by atoms with Gasteiger partial charge in [-0.15, -0.1) is 0 Å². The van der Waals surface area contributed by atoms with E-state index in [1.54, 1.807) is 18.2 Å². The molecule has 1 amide bonds. The van der Waals surface area contributed by atoms with Crippen molar-refractivity contribution in [2.24, 2.45) is 0 Å². The lowest BCUT2D eigenvalue weighted by Gasteiger charge is -2.35. The molecule has 0 unspecified atom stereocenters. The van der Waals surface area contributed by atoms with Crippen LogP contribution in [0, 0.1) is 0 Å². The number of nitrogens with zero attached hydrogens (tertiary/aromatic N) is 1. The van der Waals surface area contributed by atoms with Gasteiger partial charge in [0, 0.05) is 31.2 Å². The van der Waals surface area contributed by atoms with Crippen LogP contribution in [-0.2, 0) is 4.79 Å². The second-order valence-electron chi connectivity index (χ2n) is 6.10. The van der Waals surface area contributed by atoms with E-state index in [0.29, 0.717) is 30.3 Å². The molecule has 1 fully saturated rings. The van der Waals surface area contributed by atoms with Crippen LogP contribution in [0.4, 0.5) is 5.69 Å². The van der Waals surface area contributed by atoms with E-state index in [1.807, 2.05) is 6.07 Å². The van der Waals surface area contributed by atoms with E-state index in [2.05, 4.69) is 10.2 Å². The van der Waals surface area contributed by atoms with Gasteiger partial charge in [-0.1, -0.05) is 18.6 Å². The smallest absolute Gasteiger partial charge is 0.225 e. The van der Waals surface area contributed by atoms with E-state index < -0.39 is 0 Å². The first kappa shape index (κ1) is 17.6. The third kappa shape index (κ3) is 5.15. The van der Waals surface area contributed by atoms with Gasteiger partial charge in [0.25, 0.3) is 0 Å². The summed E-state index contributed by atoms with van der Waals surface area (Å²) in [7, 11) is 0. The Morgan fingerprint density at radius 3 is 2.83 bits per heavy atom. The van der Waals surface area contributed by atoms with Crippen LogP contribution in [-0.4, -0.2) is 47.4 Å². The van der Waals surface area contributed by atoms with Gasteiger partial charge in [0.15, 0.2) is 5.78 Å². The number of Topliss-reactive ketones (excluding diaryl/α,β-unsaturated/α-hetero) is 1. The van der Waals surface area contributed by atoms with Gasteiger partial charge in [0.2, 0.25) is 5.91 Å². The minimum absolute atomic E-state index is 0.0556. The Morgan fingerprint density at radius 1 is 1.30 bits per heavy atom. The predicted molar refractivity (Wildman–Crippen MR) is 90.6 cm³/mol. The topological polar surface area (TPSA) is 69.6 Å². The number of piperidine rings is 1. The van der Waals surface area contributed by atoms with Gasteiger partial charge in [-0.3, -0.25) is 14.5 Å².